The molecular weight excluding hydrogens is 158 g/mol. The Kier molecular flexibility index (Phi) is 1.81. The summed E-state index contributed by atoms with van der Waals surface area (Å²) >= 11 is 0. The predicted molar refractivity (Wildman–Crippen MR) is 42.0 cm³/mol. The number of likely N-dealkylation sites (tertiary alicyclic amines) is 1. The van der Waals surface area contributed by atoms with Crippen molar-refractivity contribution in [1.29, 1.82) is 0 Å². The van der Waals surface area contributed by atoms with E-state index in [9.17, 15) is 4.79 Å². The quantitative estimate of drug-likeness (QED) is 0.632. The summed E-state index contributed by atoms with van der Waals surface area (Å²) < 4.78 is 5.16. The number of carbonyl (C=O) groups is 1. The molecule has 0 aromatic carbocycles. The highest BCUT2D eigenvalue weighted by atomic mass is 16.5. The first kappa shape index (κ1) is 8.01. The van der Waals surface area contributed by atoms with E-state index in [1.54, 1.807) is 0 Å². The lowest BCUT2D eigenvalue weighted by Crippen LogP contribution is -2.60. The molecule has 0 aliphatic carbocycles. The third-order valence-corrected chi connectivity index (χ3v) is 2.86. The van der Waals surface area contributed by atoms with E-state index < -0.39 is 11.5 Å². The van der Waals surface area contributed by atoms with E-state index in [1.807, 2.05) is 4.90 Å². The highest BCUT2D eigenvalue weighted by Crippen LogP contribution is 2.30. The van der Waals surface area contributed by atoms with Gasteiger partial charge in [0.15, 0.2) is 0 Å². The third kappa shape index (κ3) is 0.949. The maximum atomic E-state index is 11.0. The molecule has 2 aliphatic rings. The number of rotatable bonds is 2. The van der Waals surface area contributed by atoms with Gasteiger partial charge in [0.05, 0.1) is 6.61 Å². The molecule has 4 nitrogen and oxygen atoms in total. The van der Waals surface area contributed by atoms with Gasteiger partial charge in [-0.3, -0.25) is 9.69 Å². The molecule has 0 saturated carbocycles. The Bertz CT molecular complexity index is 194. The van der Waals surface area contributed by atoms with Gasteiger partial charge < -0.3 is 9.84 Å². The summed E-state index contributed by atoms with van der Waals surface area (Å²) in [5.74, 6) is -0.723. The third-order valence-electron chi connectivity index (χ3n) is 2.86. The fraction of sp³-hybridized carbons (Fsp3) is 0.875. The SMILES string of the molecule is O=C(O)C1(N2CCC2)CCOC1. The van der Waals surface area contributed by atoms with Crippen molar-refractivity contribution >= 4 is 5.97 Å². The van der Waals surface area contributed by atoms with Crippen molar-refractivity contribution in [3.63, 3.8) is 0 Å². The number of ether oxygens (including phenoxy) is 1. The Morgan fingerprint density at radius 3 is 2.58 bits per heavy atom. The van der Waals surface area contributed by atoms with E-state index >= 15 is 0 Å². The maximum Gasteiger partial charge on any atom is 0.326 e. The van der Waals surface area contributed by atoms with Crippen molar-refractivity contribution in [3.8, 4) is 0 Å². The van der Waals surface area contributed by atoms with Crippen LogP contribution in [0.3, 0.4) is 0 Å². The Morgan fingerprint density at radius 1 is 1.50 bits per heavy atom. The lowest BCUT2D eigenvalue weighted by atomic mass is 9.93. The zero-order valence-corrected chi connectivity index (χ0v) is 6.95. The van der Waals surface area contributed by atoms with E-state index in [-0.39, 0.29) is 0 Å². The zero-order chi connectivity index (χ0) is 8.60. The summed E-state index contributed by atoms with van der Waals surface area (Å²) in [5.41, 5.74) is -0.682. The Labute approximate surface area is 71.1 Å². The number of hydrogen-bond acceptors (Lipinski definition) is 3. The van der Waals surface area contributed by atoms with Gasteiger partial charge >= 0.3 is 5.97 Å². The molecule has 2 rings (SSSR count). The molecule has 68 valence electrons. The fourth-order valence-corrected chi connectivity index (χ4v) is 1.85. The van der Waals surface area contributed by atoms with Gasteiger partial charge in [0.25, 0.3) is 0 Å². The van der Waals surface area contributed by atoms with Crippen LogP contribution in [-0.4, -0.2) is 47.8 Å². The second-order valence-electron chi connectivity index (χ2n) is 3.48. The van der Waals surface area contributed by atoms with Gasteiger partial charge in [-0.05, 0) is 6.42 Å². The molecule has 2 fully saturated rings. The molecular formula is C8H13NO3. The molecule has 12 heavy (non-hydrogen) atoms. The van der Waals surface area contributed by atoms with Crippen LogP contribution in [0.15, 0.2) is 0 Å². The molecule has 2 saturated heterocycles. The Morgan fingerprint density at radius 2 is 2.25 bits per heavy atom. The highest BCUT2D eigenvalue weighted by Gasteiger charge is 2.49. The topological polar surface area (TPSA) is 49.8 Å². The van der Waals surface area contributed by atoms with Crippen LogP contribution in [0.1, 0.15) is 12.8 Å². The molecule has 0 aromatic rings. The van der Waals surface area contributed by atoms with Gasteiger partial charge in [0.1, 0.15) is 5.54 Å². The monoisotopic (exact) mass is 171 g/mol. The highest BCUT2D eigenvalue weighted by molar-refractivity contribution is 5.79. The van der Waals surface area contributed by atoms with Gasteiger partial charge in [-0.15, -0.1) is 0 Å². The normalized spacial score (nSPS) is 36.3. The molecule has 1 atom stereocenters. The van der Waals surface area contributed by atoms with E-state index in [4.69, 9.17) is 9.84 Å². The molecule has 0 spiro atoms. The second kappa shape index (κ2) is 2.71. The standard InChI is InChI=1S/C8H13NO3/c10-7(11)8(2-5-12-6-8)9-3-1-4-9/h1-6H2,(H,10,11). The van der Waals surface area contributed by atoms with Crippen LogP contribution in [0.25, 0.3) is 0 Å². The zero-order valence-electron chi connectivity index (χ0n) is 6.95. The van der Waals surface area contributed by atoms with Crippen LogP contribution >= 0.6 is 0 Å². The van der Waals surface area contributed by atoms with Gasteiger partial charge in [-0.1, -0.05) is 0 Å². The van der Waals surface area contributed by atoms with Crippen LogP contribution in [0, 0.1) is 0 Å². The molecule has 2 aliphatic heterocycles. The lowest BCUT2D eigenvalue weighted by Gasteiger charge is -2.42. The molecule has 2 heterocycles. The molecule has 0 radical (unpaired) electrons. The summed E-state index contributed by atoms with van der Waals surface area (Å²) in [6, 6.07) is 0. The van der Waals surface area contributed by atoms with Crippen LogP contribution in [0.5, 0.6) is 0 Å². The predicted octanol–water partition coefficient (Wildman–Crippen LogP) is -0.0642. The first-order chi connectivity index (χ1) is 5.76. The summed E-state index contributed by atoms with van der Waals surface area (Å²) in [7, 11) is 0. The van der Waals surface area contributed by atoms with Crippen molar-refractivity contribution in [1.82, 2.24) is 4.90 Å². The van der Waals surface area contributed by atoms with Crippen molar-refractivity contribution < 1.29 is 14.6 Å². The van der Waals surface area contributed by atoms with Crippen LogP contribution < -0.4 is 0 Å². The number of carboxylic acid groups (broad SMARTS) is 1. The van der Waals surface area contributed by atoms with E-state index in [0.29, 0.717) is 19.6 Å². The van der Waals surface area contributed by atoms with E-state index in [1.165, 1.54) is 0 Å². The average molecular weight is 171 g/mol. The smallest absolute Gasteiger partial charge is 0.326 e. The first-order valence-electron chi connectivity index (χ1n) is 4.32. The van der Waals surface area contributed by atoms with Crippen LogP contribution in [-0.2, 0) is 9.53 Å². The summed E-state index contributed by atoms with van der Waals surface area (Å²) in [5, 5.41) is 9.08. The lowest BCUT2D eigenvalue weighted by molar-refractivity contribution is -0.154. The molecule has 1 unspecified atom stereocenters. The second-order valence-corrected chi connectivity index (χ2v) is 3.48. The number of carboxylic acids is 1. The van der Waals surface area contributed by atoms with Crippen molar-refractivity contribution in [2.24, 2.45) is 0 Å². The minimum atomic E-state index is -0.723. The van der Waals surface area contributed by atoms with E-state index in [0.717, 1.165) is 19.5 Å². The molecule has 1 N–H and O–H groups in total. The minimum absolute atomic E-state index is 0.363. The average Bonchev–Trinajstić information content (AvgIpc) is 2.33. The molecule has 0 aromatic heterocycles. The largest absolute Gasteiger partial charge is 0.480 e. The summed E-state index contributed by atoms with van der Waals surface area (Å²) in [6.07, 6.45) is 1.76. The fourth-order valence-electron chi connectivity index (χ4n) is 1.85. The summed E-state index contributed by atoms with van der Waals surface area (Å²) in [6.45, 7) is 2.77. The van der Waals surface area contributed by atoms with Gasteiger partial charge in [0, 0.05) is 26.1 Å². The van der Waals surface area contributed by atoms with E-state index in [2.05, 4.69) is 0 Å². The van der Waals surface area contributed by atoms with Gasteiger partial charge in [-0.2, -0.15) is 0 Å². The molecule has 0 bridgehead atoms. The first-order valence-corrected chi connectivity index (χ1v) is 4.32. The van der Waals surface area contributed by atoms with Crippen molar-refractivity contribution in [3.05, 3.63) is 0 Å². The molecule has 0 amide bonds. The Balaban J connectivity index is 2.14. The van der Waals surface area contributed by atoms with Crippen molar-refractivity contribution in [2.45, 2.75) is 18.4 Å². The van der Waals surface area contributed by atoms with Crippen LogP contribution in [0.4, 0.5) is 0 Å². The van der Waals surface area contributed by atoms with Gasteiger partial charge in [0.2, 0.25) is 0 Å². The number of aliphatic carboxylic acids is 1. The minimum Gasteiger partial charge on any atom is -0.480 e. The van der Waals surface area contributed by atoms with Gasteiger partial charge in [-0.25, -0.2) is 0 Å². The molecule has 4 heteroatoms. The van der Waals surface area contributed by atoms with Crippen LogP contribution in [0.2, 0.25) is 0 Å². The summed E-state index contributed by atoms with van der Waals surface area (Å²) in [4.78, 5) is 13.1. The van der Waals surface area contributed by atoms with Crippen molar-refractivity contribution in [2.75, 3.05) is 26.3 Å². The number of hydrogen-bond donors (Lipinski definition) is 1. The number of nitrogens with zero attached hydrogens (tertiary/aromatic N) is 1. The Hall–Kier alpha value is -0.610. The maximum absolute atomic E-state index is 11.0.